The smallest absolute Gasteiger partial charge is 0.252 e. The van der Waals surface area contributed by atoms with Crippen LogP contribution in [0.4, 0.5) is 5.69 Å². The van der Waals surface area contributed by atoms with E-state index in [4.69, 9.17) is 9.47 Å². The minimum absolute atomic E-state index is 0.105. The summed E-state index contributed by atoms with van der Waals surface area (Å²) in [5.41, 5.74) is -2.06. The molecule has 4 saturated heterocycles. The normalized spacial score (nSPS) is 40.7. The van der Waals surface area contributed by atoms with Crippen LogP contribution in [-0.4, -0.2) is 59.1 Å². The Morgan fingerprint density at radius 1 is 1.11 bits per heavy atom. The van der Waals surface area contributed by atoms with Crippen molar-refractivity contribution in [3.8, 4) is 5.75 Å². The van der Waals surface area contributed by atoms with Crippen LogP contribution in [-0.2, 0) is 24.5 Å². The Labute approximate surface area is 204 Å². The summed E-state index contributed by atoms with van der Waals surface area (Å²) in [5, 5.41) is 6.32. The number of nitrogens with zero attached hydrogens (tertiary/aromatic N) is 1. The van der Waals surface area contributed by atoms with Gasteiger partial charge in [0.15, 0.2) is 5.54 Å². The third-order valence-electron chi connectivity index (χ3n) is 10.1. The van der Waals surface area contributed by atoms with E-state index in [2.05, 4.69) is 24.5 Å². The lowest BCUT2D eigenvalue weighted by Crippen LogP contribution is -2.83. The monoisotopic (exact) mass is 477 g/mol. The molecule has 6 heterocycles. The zero-order valence-electron chi connectivity index (χ0n) is 20.8. The van der Waals surface area contributed by atoms with E-state index < -0.39 is 33.6 Å². The maximum absolute atomic E-state index is 14.2. The number of hydrogen-bond donors (Lipinski definition) is 2. The molecule has 1 aromatic carbocycles. The van der Waals surface area contributed by atoms with Crippen molar-refractivity contribution in [2.45, 2.75) is 75.2 Å². The van der Waals surface area contributed by atoms with E-state index in [9.17, 15) is 14.4 Å². The molecule has 1 aliphatic carbocycles. The van der Waals surface area contributed by atoms with Gasteiger partial charge in [-0.3, -0.25) is 14.4 Å². The summed E-state index contributed by atoms with van der Waals surface area (Å²) in [6.45, 7) is 8.68. The number of benzene rings is 1. The molecule has 1 aromatic rings. The van der Waals surface area contributed by atoms with Gasteiger partial charge in [0, 0.05) is 25.1 Å². The van der Waals surface area contributed by atoms with Crippen molar-refractivity contribution in [3.05, 3.63) is 29.3 Å². The van der Waals surface area contributed by atoms with Crippen molar-refractivity contribution < 1.29 is 23.9 Å². The Kier molecular flexibility index (Phi) is 3.62. The van der Waals surface area contributed by atoms with E-state index >= 15 is 0 Å². The van der Waals surface area contributed by atoms with Crippen LogP contribution in [0.3, 0.4) is 0 Å². The van der Waals surface area contributed by atoms with Crippen molar-refractivity contribution in [3.63, 3.8) is 0 Å². The lowest BCUT2D eigenvalue weighted by atomic mass is 9.57. The molecular formula is C27H31N3O5. The second-order valence-electron chi connectivity index (χ2n) is 12.2. The number of hydrogen-bond acceptors (Lipinski definition) is 5. The minimum atomic E-state index is -1.29. The fraction of sp³-hybridized carbons (Fsp3) is 0.593. The molecule has 5 atom stereocenters. The summed E-state index contributed by atoms with van der Waals surface area (Å²) < 4.78 is 12.3. The number of ether oxygens (including phenoxy) is 2. The Balaban J connectivity index is 1.49. The first-order valence-corrected chi connectivity index (χ1v) is 12.5. The van der Waals surface area contributed by atoms with Crippen molar-refractivity contribution in [1.82, 2.24) is 10.2 Å². The minimum Gasteiger partial charge on any atom is -0.483 e. The van der Waals surface area contributed by atoms with Gasteiger partial charge >= 0.3 is 0 Å². The molecule has 6 aliphatic heterocycles. The van der Waals surface area contributed by atoms with Crippen LogP contribution in [0.25, 0.3) is 6.08 Å². The molecule has 1 saturated carbocycles. The van der Waals surface area contributed by atoms with E-state index in [1.54, 1.807) is 12.0 Å². The van der Waals surface area contributed by atoms with Crippen molar-refractivity contribution in [2.24, 2.45) is 11.3 Å². The molecule has 184 valence electrons. The molecule has 2 N–H and O–H groups in total. The highest BCUT2D eigenvalue weighted by molar-refractivity contribution is 6.13. The number of piperazine rings is 1. The Morgan fingerprint density at radius 2 is 1.89 bits per heavy atom. The van der Waals surface area contributed by atoms with Crippen LogP contribution in [0, 0.1) is 11.3 Å². The third-order valence-corrected chi connectivity index (χ3v) is 10.1. The van der Waals surface area contributed by atoms with Crippen molar-refractivity contribution in [2.75, 3.05) is 19.0 Å². The first kappa shape index (κ1) is 21.4. The van der Waals surface area contributed by atoms with E-state index in [0.717, 1.165) is 17.5 Å². The van der Waals surface area contributed by atoms with Gasteiger partial charge in [-0.2, -0.15) is 0 Å². The summed E-state index contributed by atoms with van der Waals surface area (Å²) >= 11 is 0. The first-order chi connectivity index (χ1) is 16.5. The molecule has 3 amide bonds. The Morgan fingerprint density at radius 3 is 2.63 bits per heavy atom. The fourth-order valence-corrected chi connectivity index (χ4v) is 8.69. The molecule has 2 bridgehead atoms. The first-order valence-electron chi connectivity index (χ1n) is 12.5. The van der Waals surface area contributed by atoms with Crippen molar-refractivity contribution >= 4 is 29.5 Å². The largest absolute Gasteiger partial charge is 0.483 e. The quantitative estimate of drug-likeness (QED) is 0.647. The number of rotatable bonds is 1. The molecular weight excluding hydrogens is 446 g/mol. The average molecular weight is 478 g/mol. The fourth-order valence-electron chi connectivity index (χ4n) is 8.69. The lowest BCUT2D eigenvalue weighted by molar-refractivity contribution is -0.182. The van der Waals surface area contributed by atoms with Crippen LogP contribution in [0.2, 0.25) is 0 Å². The van der Waals surface area contributed by atoms with Gasteiger partial charge in [0.2, 0.25) is 11.8 Å². The highest BCUT2D eigenvalue weighted by Crippen LogP contribution is 2.71. The SMILES string of the molecule is CO[C@@H]1[C@@]23NC(=O)[C@]4(CCCN4C2=O)C[C@H]3C(C)(C)[C@]12C(=O)Nc1c2ccc2c1C=CC(C)(C)O2. The number of nitrogens with one attached hydrogen (secondary N) is 2. The summed E-state index contributed by atoms with van der Waals surface area (Å²) in [7, 11) is 1.55. The number of fused-ring (bicyclic) bond motifs is 5. The van der Waals surface area contributed by atoms with Gasteiger partial charge in [-0.25, -0.2) is 0 Å². The average Bonchev–Trinajstić information content (AvgIpc) is 3.40. The van der Waals surface area contributed by atoms with Crippen LogP contribution in [0.15, 0.2) is 18.2 Å². The van der Waals surface area contributed by atoms with Gasteiger partial charge < -0.3 is 25.0 Å². The summed E-state index contributed by atoms with van der Waals surface area (Å²) in [4.78, 5) is 43.7. The molecule has 0 aromatic heterocycles. The molecule has 8 heteroatoms. The van der Waals surface area contributed by atoms with Gasteiger partial charge in [0.1, 0.15) is 28.4 Å². The third kappa shape index (κ3) is 1.99. The maximum Gasteiger partial charge on any atom is 0.252 e. The zero-order valence-corrected chi connectivity index (χ0v) is 20.8. The standard InChI is InChI=1S/C27H31N3O5/c1-23(2)11-9-14-16(35-23)8-7-15-18(14)28-21(32)26(15)19(34-5)27-17(24(26,3)4)13-25(20(31)29-27)10-6-12-30(25)22(27)33/h7-9,11,17,19H,6,10,12-13H2,1-5H3,(H,28,32)(H,29,31)/t17-,19-,25-,26-,27+/m0/s1. The molecule has 3 spiro atoms. The second-order valence-corrected chi connectivity index (χ2v) is 12.2. The summed E-state index contributed by atoms with van der Waals surface area (Å²) in [6, 6.07) is 3.86. The molecule has 8 rings (SSSR count). The molecule has 7 aliphatic rings. The predicted octanol–water partition coefficient (Wildman–Crippen LogP) is 2.37. The summed E-state index contributed by atoms with van der Waals surface area (Å²) in [5.74, 6) is 0.0508. The topological polar surface area (TPSA) is 97.0 Å². The number of carbonyl (C=O) groups is 3. The Bertz CT molecular complexity index is 1280. The predicted molar refractivity (Wildman–Crippen MR) is 128 cm³/mol. The van der Waals surface area contributed by atoms with Gasteiger partial charge in [0.05, 0.1) is 5.69 Å². The number of piperidine rings is 2. The highest BCUT2D eigenvalue weighted by atomic mass is 16.5. The van der Waals surface area contributed by atoms with Gasteiger partial charge in [-0.05, 0) is 62.3 Å². The molecule has 0 radical (unpaired) electrons. The van der Waals surface area contributed by atoms with Crippen LogP contribution < -0.4 is 15.4 Å². The van der Waals surface area contributed by atoms with Gasteiger partial charge in [-0.15, -0.1) is 0 Å². The van der Waals surface area contributed by atoms with E-state index in [-0.39, 0.29) is 23.6 Å². The van der Waals surface area contributed by atoms with Gasteiger partial charge in [-0.1, -0.05) is 19.9 Å². The molecule has 8 nitrogen and oxygen atoms in total. The number of methoxy groups -OCH3 is 1. The lowest BCUT2D eigenvalue weighted by Gasteiger charge is -2.59. The molecule has 0 unspecified atom stereocenters. The van der Waals surface area contributed by atoms with Crippen molar-refractivity contribution in [1.29, 1.82) is 0 Å². The molecule has 35 heavy (non-hydrogen) atoms. The van der Waals surface area contributed by atoms with E-state index in [1.807, 2.05) is 38.1 Å². The van der Waals surface area contributed by atoms with E-state index in [1.165, 1.54) is 0 Å². The number of amides is 3. The Hall–Kier alpha value is -2.87. The summed E-state index contributed by atoms with van der Waals surface area (Å²) in [6.07, 6.45) is 5.14. The second kappa shape index (κ2) is 5.91. The zero-order chi connectivity index (χ0) is 24.8. The van der Waals surface area contributed by atoms with Gasteiger partial charge in [0.25, 0.3) is 5.91 Å². The number of anilines is 1. The maximum atomic E-state index is 14.2. The number of carbonyl (C=O) groups excluding carboxylic acids is 3. The highest BCUT2D eigenvalue weighted by Gasteiger charge is 2.85. The van der Waals surface area contributed by atoms with E-state index in [0.29, 0.717) is 30.8 Å². The van der Waals surface area contributed by atoms with Crippen LogP contribution in [0.5, 0.6) is 5.75 Å². The molecule has 5 fully saturated rings. The van der Waals surface area contributed by atoms with Crippen LogP contribution in [0.1, 0.15) is 58.1 Å². The van der Waals surface area contributed by atoms with Crippen LogP contribution >= 0.6 is 0 Å².